The molecule has 1 aliphatic heterocycles. The average Bonchev–Trinajstić information content (AvgIpc) is 3.14. The largest absolute Gasteiger partial charge is 0.508 e. The SMILES string of the molecule is C[C@@]12CC[C@H]3c4ccc(O)cc4CC[C@H]3[C@@H]1CCC21OCCO1. The van der Waals surface area contributed by atoms with Gasteiger partial charge in [-0.25, -0.2) is 0 Å². The summed E-state index contributed by atoms with van der Waals surface area (Å²) < 4.78 is 12.4. The molecular formula is C20H26O3. The fourth-order valence-corrected chi connectivity index (χ4v) is 6.45. The van der Waals surface area contributed by atoms with E-state index in [1.165, 1.54) is 36.8 Å². The first-order valence-corrected chi connectivity index (χ1v) is 9.23. The summed E-state index contributed by atoms with van der Waals surface area (Å²) in [6, 6.07) is 6.03. The Morgan fingerprint density at radius 3 is 2.74 bits per heavy atom. The molecule has 23 heavy (non-hydrogen) atoms. The zero-order valence-corrected chi connectivity index (χ0v) is 13.9. The molecule has 4 atom stereocenters. The van der Waals surface area contributed by atoms with Gasteiger partial charge in [-0.2, -0.15) is 0 Å². The highest BCUT2D eigenvalue weighted by Crippen LogP contribution is 2.66. The van der Waals surface area contributed by atoms with Crippen LogP contribution in [-0.2, 0) is 15.9 Å². The number of ether oxygens (including phenoxy) is 2. The maximum absolute atomic E-state index is 9.78. The lowest BCUT2D eigenvalue weighted by atomic mass is 9.55. The Hall–Kier alpha value is -1.06. The molecule has 0 amide bonds. The van der Waals surface area contributed by atoms with Gasteiger partial charge in [0.15, 0.2) is 5.79 Å². The molecule has 124 valence electrons. The van der Waals surface area contributed by atoms with Gasteiger partial charge in [-0.05, 0) is 73.1 Å². The second-order valence-corrected chi connectivity index (χ2v) is 8.24. The van der Waals surface area contributed by atoms with Crippen LogP contribution >= 0.6 is 0 Å². The van der Waals surface area contributed by atoms with Gasteiger partial charge in [0.1, 0.15) is 5.75 Å². The smallest absolute Gasteiger partial charge is 0.174 e. The van der Waals surface area contributed by atoms with Crippen molar-refractivity contribution < 1.29 is 14.6 Å². The van der Waals surface area contributed by atoms with E-state index in [-0.39, 0.29) is 11.2 Å². The molecule has 1 N–H and O–H groups in total. The Morgan fingerprint density at radius 1 is 1.09 bits per heavy atom. The highest BCUT2D eigenvalue weighted by Gasteiger charge is 2.64. The van der Waals surface area contributed by atoms with E-state index in [0.29, 0.717) is 17.6 Å². The molecule has 1 saturated heterocycles. The molecule has 1 spiro atoms. The summed E-state index contributed by atoms with van der Waals surface area (Å²) in [5.41, 5.74) is 3.05. The summed E-state index contributed by atoms with van der Waals surface area (Å²) in [5.74, 6) is 2.24. The van der Waals surface area contributed by atoms with Crippen LogP contribution in [0.1, 0.15) is 56.1 Å². The lowest BCUT2D eigenvalue weighted by Gasteiger charge is -2.52. The third-order valence-electron chi connectivity index (χ3n) is 7.51. The van der Waals surface area contributed by atoms with Crippen molar-refractivity contribution in [3.05, 3.63) is 29.3 Å². The van der Waals surface area contributed by atoms with Crippen LogP contribution in [0.15, 0.2) is 18.2 Å². The topological polar surface area (TPSA) is 38.7 Å². The first kappa shape index (κ1) is 14.3. The van der Waals surface area contributed by atoms with E-state index >= 15 is 0 Å². The summed E-state index contributed by atoms with van der Waals surface area (Å²) >= 11 is 0. The van der Waals surface area contributed by atoms with E-state index in [4.69, 9.17) is 9.47 Å². The van der Waals surface area contributed by atoms with Crippen LogP contribution in [0.3, 0.4) is 0 Å². The molecule has 5 rings (SSSR count). The molecule has 3 heteroatoms. The van der Waals surface area contributed by atoms with Crippen molar-refractivity contribution in [1.82, 2.24) is 0 Å². The number of benzene rings is 1. The van der Waals surface area contributed by atoms with E-state index in [9.17, 15) is 5.11 Å². The number of rotatable bonds is 0. The van der Waals surface area contributed by atoms with E-state index in [0.717, 1.165) is 32.0 Å². The van der Waals surface area contributed by atoms with Gasteiger partial charge in [-0.1, -0.05) is 13.0 Å². The molecular weight excluding hydrogens is 288 g/mol. The minimum absolute atomic E-state index is 0.180. The molecule has 3 nitrogen and oxygen atoms in total. The standard InChI is InChI=1S/C20H26O3/c1-19-8-6-16-15-5-3-14(21)12-13(15)2-4-17(16)18(19)7-9-20(19)22-10-11-23-20/h3,5,12,16-18,21H,2,4,6-11H2,1H3/t16-,17+,18-,19+/m0/s1. The lowest BCUT2D eigenvalue weighted by molar-refractivity contribution is -0.237. The number of phenolic OH excluding ortho intramolecular Hbond substituents is 1. The van der Waals surface area contributed by atoms with E-state index in [1.54, 1.807) is 0 Å². The predicted octanol–water partition coefficient (Wildman–Crippen LogP) is 3.99. The van der Waals surface area contributed by atoms with Crippen LogP contribution in [0.4, 0.5) is 0 Å². The number of phenols is 1. The van der Waals surface area contributed by atoms with Crippen LogP contribution in [0.2, 0.25) is 0 Å². The Bertz CT molecular complexity index is 634. The normalized spacial score (nSPS) is 40.7. The fraction of sp³-hybridized carbons (Fsp3) is 0.700. The molecule has 3 aliphatic carbocycles. The van der Waals surface area contributed by atoms with Gasteiger partial charge in [0, 0.05) is 11.8 Å². The number of aromatic hydroxyl groups is 1. The minimum atomic E-state index is -0.294. The molecule has 2 saturated carbocycles. The van der Waals surface area contributed by atoms with Crippen LogP contribution < -0.4 is 0 Å². The van der Waals surface area contributed by atoms with Gasteiger partial charge in [0.25, 0.3) is 0 Å². The van der Waals surface area contributed by atoms with E-state index in [2.05, 4.69) is 13.0 Å². The molecule has 0 bridgehead atoms. The first-order chi connectivity index (χ1) is 11.1. The molecule has 0 aromatic heterocycles. The molecule has 1 aromatic carbocycles. The second kappa shape index (κ2) is 4.73. The maximum Gasteiger partial charge on any atom is 0.174 e. The van der Waals surface area contributed by atoms with Crippen molar-refractivity contribution in [3.8, 4) is 5.75 Å². The van der Waals surface area contributed by atoms with Gasteiger partial charge in [-0.15, -0.1) is 0 Å². The van der Waals surface area contributed by atoms with Crippen molar-refractivity contribution in [1.29, 1.82) is 0 Å². The zero-order chi connectivity index (χ0) is 15.7. The Balaban J connectivity index is 1.51. The monoisotopic (exact) mass is 314 g/mol. The summed E-state index contributed by atoms with van der Waals surface area (Å²) in [7, 11) is 0. The Morgan fingerprint density at radius 2 is 1.91 bits per heavy atom. The molecule has 0 radical (unpaired) electrons. The van der Waals surface area contributed by atoms with Crippen LogP contribution in [-0.4, -0.2) is 24.1 Å². The van der Waals surface area contributed by atoms with Crippen molar-refractivity contribution >= 4 is 0 Å². The van der Waals surface area contributed by atoms with Crippen LogP contribution in [0.25, 0.3) is 0 Å². The van der Waals surface area contributed by atoms with Crippen LogP contribution in [0.5, 0.6) is 5.75 Å². The first-order valence-electron chi connectivity index (χ1n) is 9.23. The summed E-state index contributed by atoms with van der Waals surface area (Å²) in [6.45, 7) is 3.95. The fourth-order valence-electron chi connectivity index (χ4n) is 6.45. The van der Waals surface area contributed by atoms with Gasteiger partial charge in [0.2, 0.25) is 0 Å². The van der Waals surface area contributed by atoms with Crippen LogP contribution in [0, 0.1) is 17.3 Å². The van der Waals surface area contributed by atoms with Crippen molar-refractivity contribution in [2.75, 3.05) is 13.2 Å². The average molecular weight is 314 g/mol. The molecule has 0 unspecified atom stereocenters. The van der Waals surface area contributed by atoms with Crippen molar-refractivity contribution in [3.63, 3.8) is 0 Å². The van der Waals surface area contributed by atoms with E-state index in [1.807, 2.05) is 12.1 Å². The predicted molar refractivity (Wildman–Crippen MR) is 87.4 cm³/mol. The third kappa shape index (κ3) is 1.78. The Kier molecular flexibility index (Phi) is 2.94. The van der Waals surface area contributed by atoms with Gasteiger partial charge >= 0.3 is 0 Å². The summed E-state index contributed by atoms with van der Waals surface area (Å²) in [5, 5.41) is 9.78. The van der Waals surface area contributed by atoms with Gasteiger partial charge in [-0.3, -0.25) is 0 Å². The second-order valence-electron chi connectivity index (χ2n) is 8.24. The minimum Gasteiger partial charge on any atom is -0.508 e. The Labute approximate surface area is 138 Å². The highest BCUT2D eigenvalue weighted by molar-refractivity contribution is 5.40. The van der Waals surface area contributed by atoms with E-state index < -0.39 is 0 Å². The quantitative estimate of drug-likeness (QED) is 0.787. The van der Waals surface area contributed by atoms with Crippen molar-refractivity contribution in [2.24, 2.45) is 17.3 Å². The van der Waals surface area contributed by atoms with Crippen molar-refractivity contribution in [2.45, 2.75) is 57.2 Å². The summed E-state index contributed by atoms with van der Waals surface area (Å²) in [4.78, 5) is 0. The van der Waals surface area contributed by atoms with Gasteiger partial charge in [0.05, 0.1) is 13.2 Å². The highest BCUT2D eigenvalue weighted by atomic mass is 16.7. The number of hydrogen-bond acceptors (Lipinski definition) is 3. The van der Waals surface area contributed by atoms with Gasteiger partial charge < -0.3 is 14.6 Å². The summed E-state index contributed by atoms with van der Waals surface area (Å²) in [6.07, 6.45) is 7.08. The molecule has 1 heterocycles. The number of fused-ring (bicyclic) bond motifs is 6. The molecule has 3 fully saturated rings. The lowest BCUT2D eigenvalue weighted by Crippen LogP contribution is -2.51. The maximum atomic E-state index is 9.78. The zero-order valence-electron chi connectivity index (χ0n) is 13.9. The molecule has 4 aliphatic rings. The third-order valence-corrected chi connectivity index (χ3v) is 7.51. The number of aryl methyl sites for hydroxylation is 1. The number of hydrogen-bond donors (Lipinski definition) is 1. The molecule has 1 aromatic rings.